The zero-order valence-electron chi connectivity index (χ0n) is 17.9. The molecule has 0 amide bonds. The molecule has 3 atom stereocenters. The fourth-order valence-corrected chi connectivity index (χ4v) is 8.98. The molecule has 5 fully saturated rings. The van der Waals surface area contributed by atoms with E-state index in [-0.39, 0.29) is 10.8 Å². The monoisotopic (exact) mass is 411 g/mol. The van der Waals surface area contributed by atoms with E-state index < -0.39 is 23.3 Å². The number of allylic oxidation sites excluding steroid dienone is 2. The number of hydrogen-bond donors (Lipinski definition) is 0. The van der Waals surface area contributed by atoms with Crippen LogP contribution in [0.1, 0.15) is 65.2 Å². The Morgan fingerprint density at radius 3 is 1.87 bits per heavy atom. The maximum atomic E-state index is 12.8. The molecular weight excluding hydrogens is 380 g/mol. The van der Waals surface area contributed by atoms with Crippen molar-refractivity contribution in [1.82, 2.24) is 0 Å². The average Bonchev–Trinajstić information content (AvgIpc) is 3.35. The van der Waals surface area contributed by atoms with Crippen LogP contribution in [0.25, 0.3) is 0 Å². The zero-order chi connectivity index (χ0) is 21.3. The van der Waals surface area contributed by atoms with Crippen molar-refractivity contribution >= 4 is 17.9 Å². The number of esters is 2. The summed E-state index contributed by atoms with van der Waals surface area (Å²) in [6.45, 7) is 4.49. The van der Waals surface area contributed by atoms with Gasteiger partial charge in [0.15, 0.2) is 0 Å². The number of aliphatic carboxylic acids is 1. The van der Waals surface area contributed by atoms with E-state index in [0.717, 1.165) is 42.7 Å². The van der Waals surface area contributed by atoms with Crippen molar-refractivity contribution in [2.24, 2.45) is 45.8 Å². The number of carbonyl (C=O) groups excluding carboxylic acids is 3. The van der Waals surface area contributed by atoms with Gasteiger partial charge >= 0.3 is 11.9 Å². The van der Waals surface area contributed by atoms with Crippen molar-refractivity contribution in [2.75, 3.05) is 0 Å². The molecule has 1 heterocycles. The minimum atomic E-state index is -0.708. The number of carboxylic acids is 1. The van der Waals surface area contributed by atoms with Crippen molar-refractivity contribution < 1.29 is 24.2 Å². The molecule has 0 aromatic rings. The molecule has 0 spiro atoms. The Morgan fingerprint density at radius 1 is 0.967 bits per heavy atom. The molecule has 0 saturated heterocycles. The summed E-state index contributed by atoms with van der Waals surface area (Å²) in [5.41, 5.74) is -0.712. The number of hydrogen-bond acceptors (Lipinski definition) is 5. The van der Waals surface area contributed by atoms with E-state index in [2.05, 4.69) is 30.7 Å². The Morgan fingerprint density at radius 2 is 1.50 bits per heavy atom. The Labute approximate surface area is 177 Å². The Bertz CT molecular complexity index is 800. The van der Waals surface area contributed by atoms with Gasteiger partial charge in [-0.3, -0.25) is 0 Å². The Kier molecular flexibility index (Phi) is 4.37. The molecule has 3 unspecified atom stereocenters. The standard InChI is InChI=1S/C21H30O2.C4H2O3/c1-13(2)20-4-3-14(11-20)12-21(20,18(22)23)19-8-15-5-16(9-19)7-17(6-15)10-19;5-3-1-2-4(6)7-3/h3-4,13-17H,5-12H2,1-2H3,(H,22,23);1-2H/p-1. The number of carboxylic acid groups (broad SMARTS) is 1. The van der Waals surface area contributed by atoms with Crippen LogP contribution in [0.3, 0.4) is 0 Å². The molecule has 0 radical (unpaired) electrons. The van der Waals surface area contributed by atoms with Crippen LogP contribution >= 0.6 is 0 Å². The van der Waals surface area contributed by atoms with Gasteiger partial charge in [0.2, 0.25) is 0 Å². The lowest BCUT2D eigenvalue weighted by Crippen LogP contribution is -2.66. The Balaban J connectivity index is 0.000000236. The lowest BCUT2D eigenvalue weighted by molar-refractivity contribution is -0.339. The highest BCUT2D eigenvalue weighted by atomic mass is 16.6. The molecule has 1 aliphatic heterocycles. The first kappa shape index (κ1) is 20.0. The summed E-state index contributed by atoms with van der Waals surface area (Å²) in [5.74, 6) is 1.38. The van der Waals surface area contributed by atoms with Crippen LogP contribution in [0.2, 0.25) is 0 Å². The van der Waals surface area contributed by atoms with Crippen LogP contribution in [0.15, 0.2) is 24.3 Å². The lowest BCUT2D eigenvalue weighted by Gasteiger charge is -2.68. The second-order valence-electron chi connectivity index (χ2n) is 11.2. The second kappa shape index (κ2) is 6.54. The predicted octanol–water partition coefficient (Wildman–Crippen LogP) is 3.19. The van der Waals surface area contributed by atoms with Crippen LogP contribution in [-0.4, -0.2) is 17.9 Å². The van der Waals surface area contributed by atoms with E-state index >= 15 is 0 Å². The summed E-state index contributed by atoms with van der Waals surface area (Å²) >= 11 is 0. The molecule has 0 aromatic carbocycles. The van der Waals surface area contributed by atoms with Crippen molar-refractivity contribution in [3.63, 3.8) is 0 Å². The summed E-state index contributed by atoms with van der Waals surface area (Å²) in [7, 11) is 0. The molecule has 6 aliphatic carbocycles. The summed E-state index contributed by atoms with van der Waals surface area (Å²) in [6.07, 6.45) is 16.3. The van der Waals surface area contributed by atoms with Gasteiger partial charge in [-0.1, -0.05) is 26.0 Å². The molecule has 7 rings (SSSR count). The molecule has 0 aromatic heterocycles. The predicted molar refractivity (Wildman–Crippen MR) is 107 cm³/mol. The van der Waals surface area contributed by atoms with Crippen LogP contribution in [0.4, 0.5) is 0 Å². The summed E-state index contributed by atoms with van der Waals surface area (Å²) in [6, 6.07) is 0. The normalized spacial score (nSPS) is 47.0. The Hall–Kier alpha value is -1.91. The first-order valence-corrected chi connectivity index (χ1v) is 11.5. The van der Waals surface area contributed by atoms with E-state index in [1.165, 1.54) is 38.5 Å². The molecule has 5 heteroatoms. The number of ether oxygens (including phenoxy) is 1. The fraction of sp³-hybridized carbons (Fsp3) is 0.720. The average molecular weight is 412 g/mol. The van der Waals surface area contributed by atoms with E-state index in [9.17, 15) is 19.5 Å². The van der Waals surface area contributed by atoms with E-state index in [4.69, 9.17) is 0 Å². The van der Waals surface area contributed by atoms with E-state index in [1.54, 1.807) is 0 Å². The van der Waals surface area contributed by atoms with Gasteiger partial charge in [-0.15, -0.1) is 0 Å². The highest BCUT2D eigenvalue weighted by Crippen LogP contribution is 2.77. The number of rotatable bonds is 3. The first-order chi connectivity index (χ1) is 14.2. The minimum Gasteiger partial charge on any atom is -0.549 e. The summed E-state index contributed by atoms with van der Waals surface area (Å²) < 4.78 is 3.97. The van der Waals surface area contributed by atoms with Crippen molar-refractivity contribution in [3.8, 4) is 0 Å². The fourth-order valence-electron chi connectivity index (χ4n) is 8.98. The first-order valence-electron chi connectivity index (χ1n) is 11.5. The van der Waals surface area contributed by atoms with Gasteiger partial charge in [-0.25, -0.2) is 9.59 Å². The molecule has 162 valence electrons. The van der Waals surface area contributed by atoms with Gasteiger partial charge in [-0.05, 0) is 86.4 Å². The molecule has 30 heavy (non-hydrogen) atoms. The SMILES string of the molecule is CC(C)C12C=CC(C1)CC2(C(=O)[O-])C12CC3CC(CC(C3)C1)C2.O=C1C=CC(=O)O1. The van der Waals surface area contributed by atoms with E-state index in [1.807, 2.05) is 0 Å². The number of carbonyl (C=O) groups is 3. The molecule has 5 nitrogen and oxygen atoms in total. The van der Waals surface area contributed by atoms with E-state index in [0.29, 0.717) is 11.8 Å². The smallest absolute Gasteiger partial charge is 0.338 e. The molecule has 0 N–H and O–H groups in total. The third kappa shape index (κ3) is 2.56. The van der Waals surface area contributed by atoms with Crippen LogP contribution in [-0.2, 0) is 19.1 Å². The number of fused-ring (bicyclic) bond motifs is 2. The highest BCUT2D eigenvalue weighted by Gasteiger charge is 2.71. The molecule has 7 aliphatic rings. The van der Waals surface area contributed by atoms with Gasteiger partial charge in [0, 0.05) is 29.0 Å². The second-order valence-corrected chi connectivity index (χ2v) is 11.2. The largest absolute Gasteiger partial charge is 0.549 e. The topological polar surface area (TPSA) is 83.5 Å². The van der Waals surface area contributed by atoms with Crippen LogP contribution in [0.5, 0.6) is 0 Å². The van der Waals surface area contributed by atoms with Crippen LogP contribution in [0, 0.1) is 45.8 Å². The van der Waals surface area contributed by atoms with Gasteiger partial charge < -0.3 is 14.6 Å². The van der Waals surface area contributed by atoms with Crippen molar-refractivity contribution in [3.05, 3.63) is 24.3 Å². The molecular formula is C25H31O5-. The van der Waals surface area contributed by atoms with Crippen molar-refractivity contribution in [2.45, 2.75) is 65.2 Å². The summed E-state index contributed by atoms with van der Waals surface area (Å²) in [4.78, 5) is 32.6. The highest BCUT2D eigenvalue weighted by molar-refractivity contribution is 6.04. The molecule has 6 bridgehead atoms. The third-order valence-corrected chi connectivity index (χ3v) is 9.51. The molecule has 5 saturated carbocycles. The number of cyclic esters (lactones) is 2. The van der Waals surface area contributed by atoms with Crippen LogP contribution < -0.4 is 5.11 Å². The maximum Gasteiger partial charge on any atom is 0.338 e. The summed E-state index contributed by atoms with van der Waals surface area (Å²) in [5, 5.41) is 12.8. The van der Waals surface area contributed by atoms with Gasteiger partial charge in [0.1, 0.15) is 0 Å². The van der Waals surface area contributed by atoms with Gasteiger partial charge in [0.25, 0.3) is 0 Å². The minimum absolute atomic E-state index is 0.0321. The third-order valence-electron chi connectivity index (χ3n) is 9.51. The lowest BCUT2D eigenvalue weighted by atomic mass is 9.37. The van der Waals surface area contributed by atoms with Gasteiger partial charge in [0.05, 0.1) is 0 Å². The van der Waals surface area contributed by atoms with Gasteiger partial charge in [-0.2, -0.15) is 0 Å². The zero-order valence-corrected chi connectivity index (χ0v) is 17.9. The maximum absolute atomic E-state index is 12.8. The quantitative estimate of drug-likeness (QED) is 0.405. The van der Waals surface area contributed by atoms with Crippen molar-refractivity contribution in [1.29, 1.82) is 0 Å².